The monoisotopic (exact) mass is 257 g/mol. The first-order chi connectivity index (χ1) is 9.01. The molecule has 0 bridgehead atoms. The lowest BCUT2D eigenvalue weighted by atomic mass is 9.96. The fourth-order valence-corrected chi connectivity index (χ4v) is 2.31. The Labute approximate surface area is 113 Å². The molecule has 0 heterocycles. The number of aromatic hydroxyl groups is 2. The van der Waals surface area contributed by atoms with Crippen molar-refractivity contribution in [2.24, 2.45) is 5.73 Å². The average molecular weight is 257 g/mol. The van der Waals surface area contributed by atoms with Gasteiger partial charge in [-0.25, -0.2) is 0 Å². The third-order valence-electron chi connectivity index (χ3n) is 3.34. The maximum absolute atomic E-state index is 10.2. The summed E-state index contributed by atoms with van der Waals surface area (Å²) in [6.07, 6.45) is 0.632. The van der Waals surface area contributed by atoms with Crippen molar-refractivity contribution in [2.45, 2.75) is 26.8 Å². The molecule has 3 nitrogen and oxygen atoms in total. The van der Waals surface area contributed by atoms with Crippen LogP contribution >= 0.6 is 0 Å². The lowest BCUT2D eigenvalue weighted by molar-refractivity contribution is 0.462. The average Bonchev–Trinajstić information content (AvgIpc) is 2.36. The van der Waals surface area contributed by atoms with Crippen LogP contribution in [0.25, 0.3) is 0 Å². The standard InChI is InChI=1S/C16H19NO2/c1-10-5-13(16(19)14(6-10)9-17)8-12-3-4-15(18)7-11(12)2/h3-7,18-19H,8-9,17H2,1-2H3. The van der Waals surface area contributed by atoms with Gasteiger partial charge in [0.05, 0.1) is 0 Å². The van der Waals surface area contributed by atoms with Crippen LogP contribution in [0.15, 0.2) is 30.3 Å². The number of nitrogens with two attached hydrogens (primary N) is 1. The number of hydrogen-bond donors (Lipinski definition) is 3. The van der Waals surface area contributed by atoms with Crippen LogP contribution in [0.3, 0.4) is 0 Å². The summed E-state index contributed by atoms with van der Waals surface area (Å²) < 4.78 is 0. The van der Waals surface area contributed by atoms with Gasteiger partial charge in [0, 0.05) is 18.5 Å². The van der Waals surface area contributed by atoms with E-state index in [1.54, 1.807) is 12.1 Å². The van der Waals surface area contributed by atoms with Gasteiger partial charge in [-0.3, -0.25) is 0 Å². The molecule has 0 aliphatic heterocycles. The van der Waals surface area contributed by atoms with Gasteiger partial charge in [-0.1, -0.05) is 23.8 Å². The fraction of sp³-hybridized carbons (Fsp3) is 0.250. The summed E-state index contributed by atoms with van der Waals surface area (Å²) in [7, 11) is 0. The third kappa shape index (κ3) is 2.88. The Morgan fingerprint density at radius 1 is 0.947 bits per heavy atom. The molecule has 0 radical (unpaired) electrons. The van der Waals surface area contributed by atoms with E-state index in [0.29, 0.717) is 13.0 Å². The Hall–Kier alpha value is -2.00. The van der Waals surface area contributed by atoms with Crippen molar-refractivity contribution < 1.29 is 10.2 Å². The SMILES string of the molecule is Cc1cc(CN)c(O)c(Cc2ccc(O)cc2C)c1. The Morgan fingerprint density at radius 3 is 2.26 bits per heavy atom. The Balaban J connectivity index is 2.40. The second kappa shape index (κ2) is 5.33. The molecule has 100 valence electrons. The van der Waals surface area contributed by atoms with E-state index in [4.69, 9.17) is 5.73 Å². The van der Waals surface area contributed by atoms with Gasteiger partial charge in [-0.15, -0.1) is 0 Å². The predicted octanol–water partition coefficient (Wildman–Crippen LogP) is 2.76. The van der Waals surface area contributed by atoms with E-state index in [2.05, 4.69) is 0 Å². The minimum atomic E-state index is 0.261. The zero-order valence-corrected chi connectivity index (χ0v) is 11.3. The zero-order chi connectivity index (χ0) is 14.0. The molecule has 2 aromatic carbocycles. The molecule has 0 spiro atoms. The second-order valence-corrected chi connectivity index (χ2v) is 4.92. The smallest absolute Gasteiger partial charge is 0.123 e. The van der Waals surface area contributed by atoms with Gasteiger partial charge in [0.1, 0.15) is 11.5 Å². The Kier molecular flexibility index (Phi) is 3.76. The summed E-state index contributed by atoms with van der Waals surface area (Å²) >= 11 is 0. The molecule has 2 aromatic rings. The van der Waals surface area contributed by atoms with Crippen LogP contribution in [-0.2, 0) is 13.0 Å². The van der Waals surface area contributed by atoms with Crippen LogP contribution in [0.5, 0.6) is 11.5 Å². The number of aryl methyl sites for hydroxylation is 2. The van der Waals surface area contributed by atoms with E-state index < -0.39 is 0 Å². The van der Waals surface area contributed by atoms with Crippen molar-refractivity contribution in [3.05, 3.63) is 58.1 Å². The first-order valence-corrected chi connectivity index (χ1v) is 6.31. The summed E-state index contributed by atoms with van der Waals surface area (Å²) in [5, 5.41) is 19.6. The van der Waals surface area contributed by atoms with E-state index in [-0.39, 0.29) is 11.5 Å². The summed E-state index contributed by atoms with van der Waals surface area (Å²) in [6.45, 7) is 4.27. The van der Waals surface area contributed by atoms with E-state index in [9.17, 15) is 10.2 Å². The van der Waals surface area contributed by atoms with Crippen LogP contribution in [-0.4, -0.2) is 10.2 Å². The van der Waals surface area contributed by atoms with Gasteiger partial charge in [0.2, 0.25) is 0 Å². The normalized spacial score (nSPS) is 10.7. The number of phenols is 2. The van der Waals surface area contributed by atoms with Gasteiger partial charge < -0.3 is 15.9 Å². The Morgan fingerprint density at radius 2 is 1.63 bits per heavy atom. The summed E-state index contributed by atoms with van der Waals surface area (Å²) in [6, 6.07) is 9.16. The molecule has 0 aliphatic carbocycles. The number of rotatable bonds is 3. The van der Waals surface area contributed by atoms with Crippen LogP contribution < -0.4 is 5.73 Å². The molecule has 0 amide bonds. The molecule has 0 unspecified atom stereocenters. The molecule has 4 N–H and O–H groups in total. The molecule has 0 saturated heterocycles. The molecular weight excluding hydrogens is 238 g/mol. The quantitative estimate of drug-likeness (QED) is 0.792. The largest absolute Gasteiger partial charge is 0.508 e. The topological polar surface area (TPSA) is 66.5 Å². The molecule has 0 atom stereocenters. The first-order valence-electron chi connectivity index (χ1n) is 6.31. The van der Waals surface area contributed by atoms with Crippen LogP contribution in [0.1, 0.15) is 27.8 Å². The summed E-state index contributed by atoms with van der Waals surface area (Å²) in [5.74, 6) is 0.540. The van der Waals surface area contributed by atoms with E-state index in [1.807, 2.05) is 32.0 Å². The van der Waals surface area contributed by atoms with Crippen molar-refractivity contribution in [3.63, 3.8) is 0 Å². The lowest BCUT2D eigenvalue weighted by Gasteiger charge is -2.12. The van der Waals surface area contributed by atoms with Crippen molar-refractivity contribution in [2.75, 3.05) is 0 Å². The van der Waals surface area contributed by atoms with Gasteiger partial charge in [0.15, 0.2) is 0 Å². The predicted molar refractivity (Wildman–Crippen MR) is 76.4 cm³/mol. The van der Waals surface area contributed by atoms with Gasteiger partial charge >= 0.3 is 0 Å². The number of phenolic OH excluding ortho intramolecular Hbond substituents is 2. The molecule has 0 aliphatic rings. The maximum Gasteiger partial charge on any atom is 0.123 e. The maximum atomic E-state index is 10.2. The van der Waals surface area contributed by atoms with Crippen molar-refractivity contribution in [1.82, 2.24) is 0 Å². The van der Waals surface area contributed by atoms with Crippen LogP contribution in [0.4, 0.5) is 0 Å². The number of benzene rings is 2. The fourth-order valence-electron chi connectivity index (χ4n) is 2.31. The van der Waals surface area contributed by atoms with Crippen LogP contribution in [0.2, 0.25) is 0 Å². The molecule has 0 fully saturated rings. The highest BCUT2D eigenvalue weighted by Gasteiger charge is 2.10. The second-order valence-electron chi connectivity index (χ2n) is 4.92. The van der Waals surface area contributed by atoms with E-state index >= 15 is 0 Å². The van der Waals surface area contributed by atoms with Crippen molar-refractivity contribution in [1.29, 1.82) is 0 Å². The third-order valence-corrected chi connectivity index (χ3v) is 3.34. The summed E-state index contributed by atoms with van der Waals surface area (Å²) in [5.41, 5.74) is 10.5. The minimum absolute atomic E-state index is 0.261. The minimum Gasteiger partial charge on any atom is -0.508 e. The molecule has 0 aromatic heterocycles. The zero-order valence-electron chi connectivity index (χ0n) is 11.3. The highest BCUT2D eigenvalue weighted by molar-refractivity contribution is 5.47. The van der Waals surface area contributed by atoms with Crippen molar-refractivity contribution in [3.8, 4) is 11.5 Å². The molecular formula is C16H19NO2. The van der Waals surface area contributed by atoms with Gasteiger partial charge in [0.25, 0.3) is 0 Å². The van der Waals surface area contributed by atoms with E-state index in [0.717, 1.165) is 27.8 Å². The lowest BCUT2D eigenvalue weighted by Crippen LogP contribution is -2.01. The van der Waals surface area contributed by atoms with Gasteiger partial charge in [-0.2, -0.15) is 0 Å². The molecule has 3 heteroatoms. The van der Waals surface area contributed by atoms with Crippen molar-refractivity contribution >= 4 is 0 Å². The summed E-state index contributed by atoms with van der Waals surface area (Å²) in [4.78, 5) is 0. The molecule has 19 heavy (non-hydrogen) atoms. The number of hydrogen-bond acceptors (Lipinski definition) is 3. The molecule has 2 rings (SSSR count). The Bertz CT molecular complexity index is 606. The van der Waals surface area contributed by atoms with Gasteiger partial charge in [-0.05, 0) is 42.7 Å². The first kappa shape index (κ1) is 13.4. The highest BCUT2D eigenvalue weighted by Crippen LogP contribution is 2.28. The van der Waals surface area contributed by atoms with E-state index in [1.165, 1.54) is 0 Å². The highest BCUT2D eigenvalue weighted by atomic mass is 16.3. The van der Waals surface area contributed by atoms with Crippen LogP contribution in [0, 0.1) is 13.8 Å². The molecule has 0 saturated carbocycles.